The maximum absolute atomic E-state index is 9.94. The summed E-state index contributed by atoms with van der Waals surface area (Å²) in [6.07, 6.45) is 22.1. The van der Waals surface area contributed by atoms with Crippen molar-refractivity contribution in [1.82, 2.24) is 0 Å². The molecule has 4 N–H and O–H groups in total. The molecule has 0 aliphatic carbocycles. The van der Waals surface area contributed by atoms with E-state index in [1.165, 1.54) is 122 Å². The molecule has 0 aromatic carbocycles. The molecule has 0 amide bonds. The SMILES string of the molecule is CCCCCCCCCCCCCCCCCCCCCCOCCCO[C@@H]1O[C@H](CO)[C@H](O)[C@H](O)[C@H]1O. The molecule has 7 nitrogen and oxygen atoms in total. The molecule has 0 bridgehead atoms. The summed E-state index contributed by atoms with van der Waals surface area (Å²) in [7, 11) is 0. The lowest BCUT2D eigenvalue weighted by Crippen LogP contribution is -2.59. The number of ether oxygens (including phenoxy) is 3. The van der Waals surface area contributed by atoms with E-state index < -0.39 is 37.3 Å². The first kappa shape index (κ1) is 35.7. The summed E-state index contributed by atoms with van der Waals surface area (Å²) in [5.41, 5.74) is 0. The molecule has 0 saturated carbocycles. The van der Waals surface area contributed by atoms with E-state index in [0.717, 1.165) is 13.0 Å². The van der Waals surface area contributed by atoms with Crippen molar-refractivity contribution in [1.29, 1.82) is 0 Å². The number of rotatable bonds is 27. The van der Waals surface area contributed by atoms with Gasteiger partial charge in [0.05, 0.1) is 13.2 Å². The van der Waals surface area contributed by atoms with Gasteiger partial charge in [-0.1, -0.05) is 129 Å². The molecular weight excluding hydrogens is 484 g/mol. The average molecular weight is 547 g/mol. The first-order valence-corrected chi connectivity index (χ1v) is 16.1. The Morgan fingerprint density at radius 1 is 0.500 bits per heavy atom. The van der Waals surface area contributed by atoms with E-state index in [1.54, 1.807) is 0 Å². The van der Waals surface area contributed by atoms with Gasteiger partial charge in [-0.2, -0.15) is 0 Å². The van der Waals surface area contributed by atoms with Crippen LogP contribution in [0.3, 0.4) is 0 Å². The van der Waals surface area contributed by atoms with Gasteiger partial charge in [-0.15, -0.1) is 0 Å². The normalized spacial score (nSPS) is 23.8. The summed E-state index contributed by atoms with van der Waals surface area (Å²) in [6.45, 7) is 3.46. The van der Waals surface area contributed by atoms with Crippen molar-refractivity contribution in [2.24, 2.45) is 0 Å². The van der Waals surface area contributed by atoms with Crippen LogP contribution in [0.25, 0.3) is 0 Å². The monoisotopic (exact) mass is 546 g/mol. The van der Waals surface area contributed by atoms with Crippen LogP contribution in [0.4, 0.5) is 0 Å². The van der Waals surface area contributed by atoms with Gasteiger partial charge < -0.3 is 34.6 Å². The Balaban J connectivity index is 1.74. The van der Waals surface area contributed by atoms with Crippen LogP contribution in [0, 0.1) is 0 Å². The van der Waals surface area contributed by atoms with Crippen LogP contribution in [0.1, 0.15) is 142 Å². The first-order chi connectivity index (χ1) is 18.6. The molecule has 38 heavy (non-hydrogen) atoms. The largest absolute Gasteiger partial charge is 0.394 e. The van der Waals surface area contributed by atoms with Gasteiger partial charge in [-0.05, 0) is 12.8 Å². The van der Waals surface area contributed by atoms with Crippen molar-refractivity contribution in [3.63, 3.8) is 0 Å². The van der Waals surface area contributed by atoms with Crippen molar-refractivity contribution in [3.8, 4) is 0 Å². The van der Waals surface area contributed by atoms with E-state index in [0.29, 0.717) is 19.6 Å². The summed E-state index contributed by atoms with van der Waals surface area (Å²) < 4.78 is 16.4. The van der Waals surface area contributed by atoms with Crippen molar-refractivity contribution in [3.05, 3.63) is 0 Å². The van der Waals surface area contributed by atoms with Crippen LogP contribution in [-0.4, -0.2) is 77.6 Å². The van der Waals surface area contributed by atoms with Gasteiger partial charge in [0.15, 0.2) is 6.29 Å². The van der Waals surface area contributed by atoms with Gasteiger partial charge in [0.1, 0.15) is 24.4 Å². The van der Waals surface area contributed by atoms with Gasteiger partial charge in [0.2, 0.25) is 0 Å². The molecule has 0 radical (unpaired) electrons. The molecule has 1 fully saturated rings. The maximum atomic E-state index is 9.94. The highest BCUT2D eigenvalue weighted by atomic mass is 16.7. The van der Waals surface area contributed by atoms with Crippen molar-refractivity contribution in [2.45, 2.75) is 172 Å². The third-order valence-corrected chi connectivity index (χ3v) is 7.71. The summed E-state index contributed by atoms with van der Waals surface area (Å²) in [4.78, 5) is 0. The van der Waals surface area contributed by atoms with Gasteiger partial charge in [0, 0.05) is 13.2 Å². The fourth-order valence-electron chi connectivity index (χ4n) is 5.13. The fraction of sp³-hybridized carbons (Fsp3) is 1.00. The molecule has 0 unspecified atom stereocenters. The summed E-state index contributed by atoms with van der Waals surface area (Å²) in [5.74, 6) is 0. The van der Waals surface area contributed by atoms with Gasteiger partial charge in [-0.25, -0.2) is 0 Å². The Labute approximate surface area is 233 Å². The predicted molar refractivity (Wildman–Crippen MR) is 153 cm³/mol. The van der Waals surface area contributed by atoms with Crippen LogP contribution < -0.4 is 0 Å². The highest BCUT2D eigenvalue weighted by molar-refractivity contribution is 4.88. The lowest BCUT2D eigenvalue weighted by atomic mass is 9.99. The van der Waals surface area contributed by atoms with Crippen LogP contribution in [0.5, 0.6) is 0 Å². The number of unbranched alkanes of at least 4 members (excludes halogenated alkanes) is 19. The molecule has 0 aromatic rings. The molecule has 0 aromatic heterocycles. The van der Waals surface area contributed by atoms with Crippen molar-refractivity contribution in [2.75, 3.05) is 26.4 Å². The molecule has 1 aliphatic heterocycles. The zero-order chi connectivity index (χ0) is 27.7. The number of hydrogen-bond acceptors (Lipinski definition) is 7. The molecule has 1 aliphatic rings. The second-order valence-electron chi connectivity index (χ2n) is 11.3. The van der Waals surface area contributed by atoms with Crippen molar-refractivity contribution >= 4 is 0 Å². The van der Waals surface area contributed by atoms with Gasteiger partial charge in [-0.3, -0.25) is 0 Å². The van der Waals surface area contributed by atoms with E-state index in [1.807, 2.05) is 0 Å². The lowest BCUT2D eigenvalue weighted by molar-refractivity contribution is -0.301. The Morgan fingerprint density at radius 3 is 1.37 bits per heavy atom. The zero-order valence-electron chi connectivity index (χ0n) is 24.6. The highest BCUT2D eigenvalue weighted by Gasteiger charge is 2.43. The molecule has 0 spiro atoms. The fourth-order valence-corrected chi connectivity index (χ4v) is 5.13. The predicted octanol–water partition coefficient (Wildman–Crippen LogP) is 6.03. The quantitative estimate of drug-likeness (QED) is 0.0931. The Kier molecular flexibility index (Phi) is 24.1. The smallest absolute Gasteiger partial charge is 0.186 e. The van der Waals surface area contributed by atoms with Crippen LogP contribution in [0.15, 0.2) is 0 Å². The molecule has 5 atom stereocenters. The van der Waals surface area contributed by atoms with E-state index in [-0.39, 0.29) is 0 Å². The highest BCUT2D eigenvalue weighted by Crippen LogP contribution is 2.22. The number of aliphatic hydroxyl groups excluding tert-OH is 4. The number of hydrogen-bond donors (Lipinski definition) is 4. The Hall–Kier alpha value is -0.280. The molecule has 1 rings (SSSR count). The minimum atomic E-state index is -1.40. The first-order valence-electron chi connectivity index (χ1n) is 16.1. The second-order valence-corrected chi connectivity index (χ2v) is 11.3. The topological polar surface area (TPSA) is 109 Å². The second kappa shape index (κ2) is 25.7. The van der Waals surface area contributed by atoms with Gasteiger partial charge in [0.25, 0.3) is 0 Å². The minimum Gasteiger partial charge on any atom is -0.394 e. The summed E-state index contributed by atoms with van der Waals surface area (Å²) in [5, 5.41) is 38.7. The standard InChI is InChI=1S/C31H62O7/c1-2-3-4-5-6-7-8-9-10-11-12-13-14-15-16-17-18-19-20-21-23-36-24-22-25-37-31-30(35)29(34)28(33)27(26-32)38-31/h27-35H,2-26H2,1H3/t27-,28+,29+,30-,31-/m1/s1. The van der Waals surface area contributed by atoms with Gasteiger partial charge >= 0.3 is 0 Å². The number of aliphatic hydroxyl groups is 4. The summed E-state index contributed by atoms with van der Waals surface area (Å²) >= 11 is 0. The van der Waals surface area contributed by atoms with E-state index in [9.17, 15) is 20.4 Å². The zero-order valence-corrected chi connectivity index (χ0v) is 24.6. The van der Waals surface area contributed by atoms with Crippen LogP contribution >= 0.6 is 0 Å². The van der Waals surface area contributed by atoms with Crippen LogP contribution in [0.2, 0.25) is 0 Å². The molecule has 228 valence electrons. The Morgan fingerprint density at radius 2 is 0.921 bits per heavy atom. The Bertz CT molecular complexity index is 491. The molecule has 1 saturated heterocycles. The molecule has 1 heterocycles. The van der Waals surface area contributed by atoms with Crippen molar-refractivity contribution < 1.29 is 34.6 Å². The summed E-state index contributed by atoms with van der Waals surface area (Å²) in [6, 6.07) is 0. The van der Waals surface area contributed by atoms with Crippen LogP contribution in [-0.2, 0) is 14.2 Å². The van der Waals surface area contributed by atoms with E-state index >= 15 is 0 Å². The third kappa shape index (κ3) is 18.1. The maximum Gasteiger partial charge on any atom is 0.186 e. The molecule has 7 heteroatoms. The minimum absolute atomic E-state index is 0.307. The van der Waals surface area contributed by atoms with E-state index in [2.05, 4.69) is 6.92 Å². The lowest BCUT2D eigenvalue weighted by Gasteiger charge is -2.39. The third-order valence-electron chi connectivity index (χ3n) is 7.71. The molecular formula is C31H62O7. The van der Waals surface area contributed by atoms with E-state index in [4.69, 9.17) is 14.2 Å². The average Bonchev–Trinajstić information content (AvgIpc) is 2.92.